The van der Waals surface area contributed by atoms with Gasteiger partial charge in [-0.25, -0.2) is 5.43 Å². The van der Waals surface area contributed by atoms with Crippen LogP contribution in [0.2, 0.25) is 0 Å². The molecule has 0 heterocycles. The lowest BCUT2D eigenvalue weighted by atomic mass is 10.1. The summed E-state index contributed by atoms with van der Waals surface area (Å²) in [6.07, 6.45) is 1.46. The number of methoxy groups -OCH3 is 3. The molecule has 3 aromatic carbocycles. The van der Waals surface area contributed by atoms with E-state index in [2.05, 4.69) is 26.5 Å². The third-order valence-electron chi connectivity index (χ3n) is 4.32. The lowest BCUT2D eigenvalue weighted by Crippen LogP contribution is -2.24. The molecule has 30 heavy (non-hydrogen) atoms. The number of rotatable bonds is 8. The quantitative estimate of drug-likeness (QED) is 0.393. The van der Waals surface area contributed by atoms with Crippen LogP contribution in [0.25, 0.3) is 10.8 Å². The van der Waals surface area contributed by atoms with Crippen LogP contribution in [0.1, 0.15) is 5.56 Å². The highest BCUT2D eigenvalue weighted by molar-refractivity contribution is 9.10. The minimum atomic E-state index is -0.397. The molecule has 7 nitrogen and oxygen atoms in total. The Labute approximate surface area is 182 Å². The van der Waals surface area contributed by atoms with Crippen molar-refractivity contribution in [2.75, 3.05) is 27.9 Å². The molecule has 3 rings (SSSR count). The normalized spacial score (nSPS) is 10.8. The molecule has 0 aromatic heterocycles. The van der Waals surface area contributed by atoms with E-state index in [0.717, 1.165) is 15.2 Å². The molecular weight excluding hydrogens is 452 g/mol. The Morgan fingerprint density at radius 2 is 1.67 bits per heavy atom. The van der Waals surface area contributed by atoms with Crippen molar-refractivity contribution < 1.29 is 23.7 Å². The molecular formula is C22H21BrN2O5. The van der Waals surface area contributed by atoms with E-state index in [1.54, 1.807) is 19.2 Å². The predicted octanol–water partition coefficient (Wildman–Crippen LogP) is 4.16. The minimum Gasteiger partial charge on any atom is -0.496 e. The number of hydrogen-bond acceptors (Lipinski definition) is 6. The van der Waals surface area contributed by atoms with Crippen LogP contribution in [0.4, 0.5) is 0 Å². The average Bonchev–Trinajstić information content (AvgIpc) is 2.78. The maximum atomic E-state index is 12.1. The van der Waals surface area contributed by atoms with Crippen molar-refractivity contribution in [1.29, 1.82) is 0 Å². The van der Waals surface area contributed by atoms with E-state index in [9.17, 15) is 4.79 Å². The number of nitrogens with zero attached hydrogens (tertiary/aromatic N) is 1. The van der Waals surface area contributed by atoms with Gasteiger partial charge in [0.15, 0.2) is 18.1 Å². The summed E-state index contributed by atoms with van der Waals surface area (Å²) in [5.41, 5.74) is 3.06. The summed E-state index contributed by atoms with van der Waals surface area (Å²) < 4.78 is 22.3. The highest BCUT2D eigenvalue weighted by Crippen LogP contribution is 2.34. The molecule has 156 valence electrons. The second-order valence-electron chi connectivity index (χ2n) is 6.13. The zero-order valence-electron chi connectivity index (χ0n) is 16.8. The van der Waals surface area contributed by atoms with Gasteiger partial charge in [0.1, 0.15) is 11.5 Å². The van der Waals surface area contributed by atoms with Crippen molar-refractivity contribution >= 4 is 38.8 Å². The second-order valence-corrected chi connectivity index (χ2v) is 6.92. The van der Waals surface area contributed by atoms with E-state index >= 15 is 0 Å². The van der Waals surface area contributed by atoms with Crippen molar-refractivity contribution in [1.82, 2.24) is 5.43 Å². The van der Waals surface area contributed by atoms with Gasteiger partial charge >= 0.3 is 0 Å². The Bertz CT molecular complexity index is 1080. The van der Waals surface area contributed by atoms with Crippen LogP contribution in [0, 0.1) is 0 Å². The third-order valence-corrected chi connectivity index (χ3v) is 5.13. The number of nitrogens with one attached hydrogen (secondary N) is 1. The van der Waals surface area contributed by atoms with E-state index in [0.29, 0.717) is 28.6 Å². The molecule has 0 aliphatic carbocycles. The second kappa shape index (κ2) is 9.98. The zero-order chi connectivity index (χ0) is 21.5. The minimum absolute atomic E-state index is 0.183. The van der Waals surface area contributed by atoms with Gasteiger partial charge in [-0.1, -0.05) is 30.3 Å². The Morgan fingerprint density at radius 3 is 2.40 bits per heavy atom. The number of halogens is 1. The molecule has 1 N–H and O–H groups in total. The molecule has 0 fully saturated rings. The SMILES string of the molecule is COc1cc(OC)c(OC)cc1/C=N\NC(=O)COc1ccc2ccccc2c1Br. The van der Waals surface area contributed by atoms with Gasteiger partial charge < -0.3 is 18.9 Å². The molecule has 0 saturated carbocycles. The highest BCUT2D eigenvalue weighted by atomic mass is 79.9. The van der Waals surface area contributed by atoms with Gasteiger partial charge in [0.2, 0.25) is 0 Å². The topological polar surface area (TPSA) is 78.4 Å². The molecule has 0 atom stereocenters. The van der Waals surface area contributed by atoms with E-state index in [-0.39, 0.29) is 6.61 Å². The Hall–Kier alpha value is -3.26. The van der Waals surface area contributed by atoms with Crippen molar-refractivity contribution in [3.63, 3.8) is 0 Å². The third kappa shape index (κ3) is 4.83. The van der Waals surface area contributed by atoms with Crippen LogP contribution in [-0.2, 0) is 4.79 Å². The van der Waals surface area contributed by atoms with Crippen molar-refractivity contribution in [3.05, 3.63) is 58.6 Å². The molecule has 0 bridgehead atoms. The first-order valence-corrected chi connectivity index (χ1v) is 9.78. The first-order valence-electron chi connectivity index (χ1n) is 8.99. The first-order chi connectivity index (χ1) is 14.6. The van der Waals surface area contributed by atoms with E-state index in [1.165, 1.54) is 20.4 Å². The smallest absolute Gasteiger partial charge is 0.277 e. The summed E-state index contributed by atoms with van der Waals surface area (Å²) in [5, 5.41) is 6.06. The maximum absolute atomic E-state index is 12.1. The summed E-state index contributed by atoms with van der Waals surface area (Å²) in [6, 6.07) is 15.0. The average molecular weight is 473 g/mol. The fourth-order valence-corrected chi connectivity index (χ4v) is 3.44. The summed E-state index contributed by atoms with van der Waals surface area (Å²) in [6.45, 7) is -0.183. The van der Waals surface area contributed by atoms with Gasteiger partial charge in [0.25, 0.3) is 5.91 Å². The number of hydrogen-bond donors (Lipinski definition) is 1. The zero-order valence-corrected chi connectivity index (χ0v) is 18.4. The Balaban J connectivity index is 1.64. The Morgan fingerprint density at radius 1 is 0.967 bits per heavy atom. The van der Waals surface area contributed by atoms with Crippen molar-refractivity contribution in [2.45, 2.75) is 0 Å². The molecule has 0 aliphatic heterocycles. The molecule has 0 aliphatic rings. The van der Waals surface area contributed by atoms with Crippen molar-refractivity contribution in [3.8, 4) is 23.0 Å². The standard InChI is InChI=1S/C22H21BrN2O5/c1-27-18-11-20(29-3)19(28-2)10-15(18)12-24-25-21(26)13-30-17-9-8-14-6-4-5-7-16(14)22(17)23/h4-12H,13H2,1-3H3,(H,25,26)/b24-12-. The van der Waals surface area contributed by atoms with Crippen LogP contribution in [0.3, 0.4) is 0 Å². The number of amides is 1. The first kappa shape index (κ1) is 21.4. The van der Waals surface area contributed by atoms with Gasteiger partial charge in [-0.3, -0.25) is 4.79 Å². The van der Waals surface area contributed by atoms with Crippen LogP contribution in [0.15, 0.2) is 58.1 Å². The molecule has 1 amide bonds. The number of carbonyl (C=O) groups is 1. The van der Waals surface area contributed by atoms with Gasteiger partial charge in [0, 0.05) is 11.6 Å². The van der Waals surface area contributed by atoms with Crippen LogP contribution < -0.4 is 24.4 Å². The van der Waals surface area contributed by atoms with Crippen LogP contribution >= 0.6 is 15.9 Å². The van der Waals surface area contributed by atoms with E-state index in [1.807, 2.05) is 36.4 Å². The van der Waals surface area contributed by atoms with Gasteiger partial charge in [-0.15, -0.1) is 0 Å². The van der Waals surface area contributed by atoms with Crippen molar-refractivity contribution in [2.24, 2.45) is 5.10 Å². The molecule has 0 spiro atoms. The predicted molar refractivity (Wildman–Crippen MR) is 119 cm³/mol. The molecule has 3 aromatic rings. The summed E-state index contributed by atoms with van der Waals surface area (Å²) >= 11 is 3.53. The Kier molecular flexibility index (Phi) is 7.13. The monoisotopic (exact) mass is 472 g/mol. The van der Waals surface area contributed by atoms with Gasteiger partial charge in [-0.2, -0.15) is 5.10 Å². The van der Waals surface area contributed by atoms with Crippen LogP contribution in [-0.4, -0.2) is 40.1 Å². The lowest BCUT2D eigenvalue weighted by molar-refractivity contribution is -0.123. The van der Waals surface area contributed by atoms with Gasteiger partial charge in [0.05, 0.1) is 32.0 Å². The fourth-order valence-electron chi connectivity index (χ4n) is 2.83. The highest BCUT2D eigenvalue weighted by Gasteiger charge is 2.11. The summed E-state index contributed by atoms with van der Waals surface area (Å²) in [5.74, 6) is 1.77. The molecule has 0 radical (unpaired) electrons. The largest absolute Gasteiger partial charge is 0.496 e. The number of ether oxygens (including phenoxy) is 4. The summed E-state index contributed by atoms with van der Waals surface area (Å²) in [7, 11) is 4.61. The fraction of sp³-hybridized carbons (Fsp3) is 0.182. The molecule has 0 unspecified atom stereocenters. The lowest BCUT2D eigenvalue weighted by Gasteiger charge is -2.12. The van der Waals surface area contributed by atoms with E-state index < -0.39 is 5.91 Å². The maximum Gasteiger partial charge on any atom is 0.277 e. The summed E-state index contributed by atoms with van der Waals surface area (Å²) in [4.78, 5) is 12.1. The number of fused-ring (bicyclic) bond motifs is 1. The molecule has 8 heteroatoms. The molecule has 0 saturated heterocycles. The van der Waals surface area contributed by atoms with Gasteiger partial charge in [-0.05, 0) is 38.8 Å². The number of benzene rings is 3. The van der Waals surface area contributed by atoms with Crippen LogP contribution in [0.5, 0.6) is 23.0 Å². The number of hydrazone groups is 1. The number of carbonyl (C=O) groups excluding carboxylic acids is 1. The van der Waals surface area contributed by atoms with E-state index in [4.69, 9.17) is 18.9 Å².